The van der Waals surface area contributed by atoms with Crippen molar-refractivity contribution in [2.45, 2.75) is 46.3 Å². The molecule has 0 N–H and O–H groups in total. The average Bonchev–Trinajstić information content (AvgIpc) is 2.27. The molecule has 0 saturated carbocycles. The molecule has 0 radical (unpaired) electrons. The van der Waals surface area contributed by atoms with Gasteiger partial charge < -0.3 is 9.47 Å². The second-order valence-corrected chi connectivity index (χ2v) is 4.68. The molecule has 0 unspecified atom stereocenters. The summed E-state index contributed by atoms with van der Waals surface area (Å²) in [7, 11) is 0. The van der Waals surface area contributed by atoms with Crippen molar-refractivity contribution < 1.29 is 9.47 Å². The lowest BCUT2D eigenvalue weighted by Gasteiger charge is -2.41. The number of hydrogen-bond donors (Lipinski definition) is 0. The first-order valence-corrected chi connectivity index (χ1v) is 5.61. The van der Waals surface area contributed by atoms with Crippen LogP contribution in [0.15, 0.2) is 0 Å². The summed E-state index contributed by atoms with van der Waals surface area (Å²) in [5, 5.41) is 0. The summed E-state index contributed by atoms with van der Waals surface area (Å²) < 4.78 is 11.4. The Morgan fingerprint density at radius 3 is 1.75 bits per heavy atom. The number of hydrogen-bond acceptors (Lipinski definition) is 2. The van der Waals surface area contributed by atoms with E-state index < -0.39 is 5.79 Å². The highest BCUT2D eigenvalue weighted by molar-refractivity contribution is 5.08. The van der Waals surface area contributed by atoms with Gasteiger partial charge in [-0.05, 0) is 27.7 Å². The van der Waals surface area contributed by atoms with E-state index in [1.54, 1.807) is 0 Å². The molecule has 2 nitrogen and oxygen atoms in total. The third-order valence-corrected chi connectivity index (χ3v) is 2.73. The van der Waals surface area contributed by atoms with Crippen LogP contribution in [0.4, 0.5) is 0 Å². The first kappa shape index (κ1) is 13.1. The van der Waals surface area contributed by atoms with Crippen molar-refractivity contribution in [3.05, 3.63) is 0 Å². The van der Waals surface area contributed by atoms with Gasteiger partial charge in [0.05, 0.1) is 13.2 Å². The van der Waals surface area contributed by atoms with Crippen LogP contribution in [0.25, 0.3) is 0 Å². The van der Waals surface area contributed by atoms with Gasteiger partial charge in [-0.25, -0.2) is 0 Å². The highest BCUT2D eigenvalue weighted by Crippen LogP contribution is 2.35. The largest absolute Gasteiger partial charge is 0.350 e. The van der Waals surface area contributed by atoms with E-state index in [0.29, 0.717) is 13.2 Å². The molecule has 0 atom stereocenters. The summed E-state index contributed by atoms with van der Waals surface area (Å²) >= 11 is 0. The van der Waals surface area contributed by atoms with Crippen LogP contribution < -0.4 is 0 Å². The van der Waals surface area contributed by atoms with Gasteiger partial charge in [0, 0.05) is 18.3 Å². The Balaban J connectivity index is 2.71. The summed E-state index contributed by atoms with van der Waals surface area (Å²) in [6.45, 7) is 8.93. The molecule has 1 aliphatic rings. The SMILES string of the molecule is CC#CCC1(CC#CC)COC(C)(C)OC1. The zero-order valence-corrected chi connectivity index (χ0v) is 10.6. The van der Waals surface area contributed by atoms with Crippen LogP contribution in [0.2, 0.25) is 0 Å². The lowest BCUT2D eigenvalue weighted by molar-refractivity contribution is -0.283. The van der Waals surface area contributed by atoms with E-state index in [1.165, 1.54) is 0 Å². The van der Waals surface area contributed by atoms with Crippen LogP contribution >= 0.6 is 0 Å². The number of rotatable bonds is 2. The van der Waals surface area contributed by atoms with E-state index in [9.17, 15) is 0 Å². The molecule has 0 bridgehead atoms. The Bertz CT molecular complexity index is 312. The minimum atomic E-state index is -0.469. The molecule has 16 heavy (non-hydrogen) atoms. The maximum atomic E-state index is 5.72. The monoisotopic (exact) mass is 220 g/mol. The van der Waals surface area contributed by atoms with E-state index in [4.69, 9.17) is 9.47 Å². The van der Waals surface area contributed by atoms with Crippen molar-refractivity contribution >= 4 is 0 Å². The zero-order valence-electron chi connectivity index (χ0n) is 10.6. The van der Waals surface area contributed by atoms with Crippen LogP contribution in [-0.2, 0) is 9.47 Å². The minimum Gasteiger partial charge on any atom is -0.350 e. The van der Waals surface area contributed by atoms with Gasteiger partial charge in [-0.3, -0.25) is 0 Å². The molecular weight excluding hydrogens is 200 g/mol. The van der Waals surface area contributed by atoms with Crippen LogP contribution in [0.5, 0.6) is 0 Å². The molecule has 0 aromatic carbocycles. The molecule has 1 aliphatic heterocycles. The molecule has 88 valence electrons. The van der Waals surface area contributed by atoms with Crippen LogP contribution in [0.1, 0.15) is 40.5 Å². The zero-order chi connectivity index (χ0) is 12.1. The second kappa shape index (κ2) is 5.39. The lowest BCUT2D eigenvalue weighted by Crippen LogP contribution is -2.46. The molecule has 0 aromatic rings. The van der Waals surface area contributed by atoms with Crippen molar-refractivity contribution in [2.75, 3.05) is 13.2 Å². The highest BCUT2D eigenvalue weighted by atomic mass is 16.7. The fourth-order valence-electron chi connectivity index (χ4n) is 1.56. The van der Waals surface area contributed by atoms with E-state index in [0.717, 1.165) is 12.8 Å². The Morgan fingerprint density at radius 1 is 0.938 bits per heavy atom. The summed E-state index contributed by atoms with van der Waals surface area (Å²) in [4.78, 5) is 0. The van der Waals surface area contributed by atoms with E-state index in [2.05, 4.69) is 23.7 Å². The molecule has 1 fully saturated rings. The molecule has 1 heterocycles. The Labute approximate surface area is 98.7 Å². The van der Waals surface area contributed by atoms with Crippen molar-refractivity contribution in [3.8, 4) is 23.7 Å². The molecule has 0 spiro atoms. The second-order valence-electron chi connectivity index (χ2n) is 4.68. The fourth-order valence-corrected chi connectivity index (χ4v) is 1.56. The maximum absolute atomic E-state index is 5.72. The summed E-state index contributed by atoms with van der Waals surface area (Å²) in [6, 6.07) is 0. The molecule has 0 amide bonds. The van der Waals surface area contributed by atoms with E-state index >= 15 is 0 Å². The maximum Gasteiger partial charge on any atom is 0.162 e. The molecule has 1 rings (SSSR count). The summed E-state index contributed by atoms with van der Waals surface area (Å²) in [5.74, 6) is 11.6. The van der Waals surface area contributed by atoms with Gasteiger partial charge in [0.25, 0.3) is 0 Å². The standard InChI is InChI=1S/C14H20O2/c1-5-7-9-14(10-8-6-2)11-15-13(3,4)16-12-14/h9-12H2,1-4H3. The lowest BCUT2D eigenvalue weighted by atomic mass is 9.82. The Hall–Kier alpha value is -0.960. The van der Waals surface area contributed by atoms with Crippen molar-refractivity contribution in [2.24, 2.45) is 5.41 Å². The van der Waals surface area contributed by atoms with Gasteiger partial charge in [0.15, 0.2) is 5.79 Å². The Morgan fingerprint density at radius 2 is 1.38 bits per heavy atom. The topological polar surface area (TPSA) is 18.5 Å². The predicted molar refractivity (Wildman–Crippen MR) is 64.6 cm³/mol. The first-order valence-electron chi connectivity index (χ1n) is 5.61. The Kier molecular flexibility index (Phi) is 4.42. The quantitative estimate of drug-likeness (QED) is 0.666. The normalized spacial score (nSPS) is 21.2. The predicted octanol–water partition coefficient (Wildman–Crippen LogP) is 2.58. The van der Waals surface area contributed by atoms with Gasteiger partial charge in [-0.15, -0.1) is 23.7 Å². The molecular formula is C14H20O2. The van der Waals surface area contributed by atoms with Crippen LogP contribution in [0.3, 0.4) is 0 Å². The molecule has 0 aliphatic carbocycles. The third kappa shape index (κ3) is 3.56. The first-order chi connectivity index (χ1) is 7.54. The van der Waals surface area contributed by atoms with Gasteiger partial charge in [-0.1, -0.05) is 0 Å². The summed E-state index contributed by atoms with van der Waals surface area (Å²) in [6.07, 6.45) is 1.57. The van der Waals surface area contributed by atoms with Crippen molar-refractivity contribution in [3.63, 3.8) is 0 Å². The highest BCUT2D eigenvalue weighted by Gasteiger charge is 2.39. The van der Waals surface area contributed by atoms with Gasteiger partial charge in [0.1, 0.15) is 0 Å². The average molecular weight is 220 g/mol. The van der Waals surface area contributed by atoms with E-state index in [-0.39, 0.29) is 5.41 Å². The van der Waals surface area contributed by atoms with Crippen molar-refractivity contribution in [1.82, 2.24) is 0 Å². The molecule has 1 saturated heterocycles. The summed E-state index contributed by atoms with van der Waals surface area (Å²) in [5.41, 5.74) is -0.0540. The smallest absolute Gasteiger partial charge is 0.162 e. The molecule has 0 aromatic heterocycles. The van der Waals surface area contributed by atoms with Gasteiger partial charge >= 0.3 is 0 Å². The third-order valence-electron chi connectivity index (χ3n) is 2.73. The van der Waals surface area contributed by atoms with Gasteiger partial charge in [-0.2, -0.15) is 0 Å². The van der Waals surface area contributed by atoms with E-state index in [1.807, 2.05) is 27.7 Å². The van der Waals surface area contributed by atoms with Crippen LogP contribution in [0, 0.1) is 29.1 Å². The van der Waals surface area contributed by atoms with Gasteiger partial charge in [0.2, 0.25) is 0 Å². The van der Waals surface area contributed by atoms with Crippen molar-refractivity contribution in [1.29, 1.82) is 0 Å². The fraction of sp³-hybridized carbons (Fsp3) is 0.714. The minimum absolute atomic E-state index is 0.0540. The molecule has 2 heteroatoms. The van der Waals surface area contributed by atoms with Crippen LogP contribution in [-0.4, -0.2) is 19.0 Å². The number of ether oxygens (including phenoxy) is 2.